The van der Waals surface area contributed by atoms with Crippen LogP contribution in [-0.2, 0) is 0 Å². The van der Waals surface area contributed by atoms with Gasteiger partial charge in [0.25, 0.3) is 5.91 Å². The van der Waals surface area contributed by atoms with Gasteiger partial charge in [0.15, 0.2) is 0 Å². The number of nitrogens with zero attached hydrogens (tertiary/aromatic N) is 1. The zero-order chi connectivity index (χ0) is 17.1. The van der Waals surface area contributed by atoms with Crippen molar-refractivity contribution in [3.05, 3.63) is 53.2 Å². The molecule has 3 aromatic rings. The van der Waals surface area contributed by atoms with Crippen molar-refractivity contribution in [2.45, 2.75) is 20.3 Å². The molecule has 24 heavy (non-hydrogen) atoms. The van der Waals surface area contributed by atoms with Crippen LogP contribution in [0.15, 0.2) is 41.8 Å². The van der Waals surface area contributed by atoms with Gasteiger partial charge in [-0.3, -0.25) is 4.79 Å². The van der Waals surface area contributed by atoms with Crippen LogP contribution in [0, 0.1) is 11.7 Å². The number of hydrogen-bond acceptors (Lipinski definition) is 3. The molecule has 1 amide bonds. The summed E-state index contributed by atoms with van der Waals surface area (Å²) in [5.74, 6) is -0.0468. The molecule has 0 fully saturated rings. The largest absolute Gasteiger partial charge is 0.352 e. The Morgan fingerprint density at radius 3 is 2.83 bits per heavy atom. The maximum atomic E-state index is 13.7. The summed E-state index contributed by atoms with van der Waals surface area (Å²) in [4.78, 5) is 18.2. The molecule has 0 spiro atoms. The standard InChI is InChI=1S/C19H19FN2OS/c1-12(2)7-8-21-19(23)15-11-17(18-4-3-9-24-18)22-16-6-5-13(20)10-14(15)16/h3-6,9-12H,7-8H2,1-2H3,(H,21,23). The number of aromatic nitrogens is 1. The molecule has 1 N–H and O–H groups in total. The molecule has 0 saturated carbocycles. The van der Waals surface area contributed by atoms with Crippen LogP contribution in [0.25, 0.3) is 21.5 Å². The van der Waals surface area contributed by atoms with Crippen molar-refractivity contribution in [1.82, 2.24) is 10.3 Å². The number of pyridine rings is 1. The van der Waals surface area contributed by atoms with E-state index in [9.17, 15) is 9.18 Å². The lowest BCUT2D eigenvalue weighted by atomic mass is 10.1. The van der Waals surface area contributed by atoms with Gasteiger partial charge in [0.1, 0.15) is 5.82 Å². The number of benzene rings is 1. The molecule has 1 aromatic carbocycles. The first-order valence-electron chi connectivity index (χ1n) is 7.97. The topological polar surface area (TPSA) is 42.0 Å². The van der Waals surface area contributed by atoms with Gasteiger partial charge >= 0.3 is 0 Å². The molecule has 0 radical (unpaired) electrons. The molecule has 0 aliphatic heterocycles. The van der Waals surface area contributed by atoms with Crippen molar-refractivity contribution in [3.63, 3.8) is 0 Å². The highest BCUT2D eigenvalue weighted by Crippen LogP contribution is 2.28. The van der Waals surface area contributed by atoms with Crippen molar-refractivity contribution in [3.8, 4) is 10.6 Å². The zero-order valence-electron chi connectivity index (χ0n) is 13.7. The minimum Gasteiger partial charge on any atom is -0.352 e. The fourth-order valence-electron chi connectivity index (χ4n) is 2.51. The van der Waals surface area contributed by atoms with Gasteiger partial charge < -0.3 is 5.32 Å². The maximum absolute atomic E-state index is 13.7. The molecule has 0 saturated heterocycles. The second-order valence-corrected chi connectivity index (χ2v) is 7.08. The molecule has 0 aliphatic carbocycles. The first-order valence-corrected chi connectivity index (χ1v) is 8.85. The van der Waals surface area contributed by atoms with Gasteiger partial charge in [-0.25, -0.2) is 9.37 Å². The number of nitrogens with one attached hydrogen (secondary N) is 1. The molecule has 0 unspecified atom stereocenters. The number of hydrogen-bond donors (Lipinski definition) is 1. The average Bonchev–Trinajstić information content (AvgIpc) is 3.08. The van der Waals surface area contributed by atoms with Gasteiger partial charge in [-0.15, -0.1) is 11.3 Å². The fourth-order valence-corrected chi connectivity index (χ4v) is 3.19. The van der Waals surface area contributed by atoms with Gasteiger partial charge in [0, 0.05) is 11.9 Å². The smallest absolute Gasteiger partial charge is 0.252 e. The summed E-state index contributed by atoms with van der Waals surface area (Å²) in [5, 5.41) is 5.43. The van der Waals surface area contributed by atoms with E-state index in [-0.39, 0.29) is 11.7 Å². The van der Waals surface area contributed by atoms with Crippen LogP contribution in [0.2, 0.25) is 0 Å². The Kier molecular flexibility index (Phi) is 4.90. The monoisotopic (exact) mass is 342 g/mol. The third-order valence-corrected chi connectivity index (χ3v) is 4.69. The van der Waals surface area contributed by atoms with E-state index in [1.165, 1.54) is 12.1 Å². The lowest BCUT2D eigenvalue weighted by Crippen LogP contribution is -2.25. The number of fused-ring (bicyclic) bond motifs is 1. The number of halogens is 1. The van der Waals surface area contributed by atoms with E-state index in [1.807, 2.05) is 17.5 Å². The number of carbonyl (C=O) groups excluding carboxylic acids is 1. The molecule has 0 bridgehead atoms. The molecule has 3 nitrogen and oxygen atoms in total. The number of carbonyl (C=O) groups is 1. The Balaban J connectivity index is 2.03. The van der Waals surface area contributed by atoms with Crippen molar-refractivity contribution in [2.24, 2.45) is 5.92 Å². The quantitative estimate of drug-likeness (QED) is 0.718. The lowest BCUT2D eigenvalue weighted by molar-refractivity contribution is 0.0953. The van der Waals surface area contributed by atoms with Gasteiger partial charge in [0.2, 0.25) is 0 Å². The molecule has 2 heterocycles. The van der Waals surface area contributed by atoms with Gasteiger partial charge in [-0.2, -0.15) is 0 Å². The van der Waals surface area contributed by atoms with Crippen LogP contribution in [0.1, 0.15) is 30.6 Å². The first kappa shape index (κ1) is 16.6. The molecular weight excluding hydrogens is 323 g/mol. The lowest BCUT2D eigenvalue weighted by Gasteiger charge is -2.11. The summed E-state index contributed by atoms with van der Waals surface area (Å²) in [5.41, 5.74) is 1.82. The Morgan fingerprint density at radius 2 is 2.12 bits per heavy atom. The van der Waals surface area contributed by atoms with E-state index in [1.54, 1.807) is 23.5 Å². The van der Waals surface area contributed by atoms with E-state index < -0.39 is 0 Å². The maximum Gasteiger partial charge on any atom is 0.252 e. The van der Waals surface area contributed by atoms with Gasteiger partial charge in [-0.05, 0) is 48.1 Å². The normalized spacial score (nSPS) is 11.2. The summed E-state index contributed by atoms with van der Waals surface area (Å²) < 4.78 is 13.7. The van der Waals surface area contributed by atoms with Crippen molar-refractivity contribution in [2.75, 3.05) is 6.54 Å². The molecule has 2 aromatic heterocycles. The predicted molar refractivity (Wildman–Crippen MR) is 96.8 cm³/mol. The van der Waals surface area contributed by atoms with E-state index >= 15 is 0 Å². The molecular formula is C19H19FN2OS. The van der Waals surface area contributed by atoms with Gasteiger partial charge in [-0.1, -0.05) is 19.9 Å². The summed E-state index contributed by atoms with van der Waals surface area (Å²) in [6.45, 7) is 4.82. The highest BCUT2D eigenvalue weighted by atomic mass is 32.1. The molecule has 0 atom stereocenters. The van der Waals surface area contributed by atoms with Crippen molar-refractivity contribution >= 4 is 28.1 Å². The molecule has 124 valence electrons. The van der Waals surface area contributed by atoms with Crippen LogP contribution in [-0.4, -0.2) is 17.4 Å². The number of rotatable bonds is 5. The summed E-state index contributed by atoms with van der Waals surface area (Å²) in [7, 11) is 0. The third kappa shape index (κ3) is 3.62. The first-order chi connectivity index (χ1) is 11.5. The second-order valence-electron chi connectivity index (χ2n) is 6.13. The Bertz CT molecular complexity index is 859. The van der Waals surface area contributed by atoms with Crippen molar-refractivity contribution in [1.29, 1.82) is 0 Å². The Hall–Kier alpha value is -2.27. The Morgan fingerprint density at radius 1 is 1.29 bits per heavy atom. The molecule has 3 rings (SSSR count). The zero-order valence-corrected chi connectivity index (χ0v) is 14.5. The van der Waals surface area contributed by atoms with Crippen LogP contribution in [0.3, 0.4) is 0 Å². The number of amides is 1. The molecule has 0 aliphatic rings. The highest BCUT2D eigenvalue weighted by Gasteiger charge is 2.15. The van der Waals surface area contributed by atoms with E-state index in [0.717, 1.165) is 17.0 Å². The van der Waals surface area contributed by atoms with E-state index in [4.69, 9.17) is 0 Å². The number of thiophene rings is 1. The summed E-state index contributed by atoms with van der Waals surface area (Å²) in [6.07, 6.45) is 0.904. The predicted octanol–water partition coefficient (Wildman–Crippen LogP) is 4.88. The highest BCUT2D eigenvalue weighted by molar-refractivity contribution is 7.13. The minimum atomic E-state index is -0.371. The van der Waals surface area contributed by atoms with Crippen molar-refractivity contribution < 1.29 is 9.18 Å². The van der Waals surface area contributed by atoms with Crippen LogP contribution in [0.5, 0.6) is 0 Å². The fraction of sp³-hybridized carbons (Fsp3) is 0.263. The Labute approximate surface area is 144 Å². The van der Waals surface area contributed by atoms with Crippen LogP contribution < -0.4 is 5.32 Å². The average molecular weight is 342 g/mol. The van der Waals surface area contributed by atoms with Crippen LogP contribution >= 0.6 is 11.3 Å². The second kappa shape index (κ2) is 7.09. The summed E-state index contributed by atoms with van der Waals surface area (Å²) >= 11 is 1.56. The minimum absolute atomic E-state index is 0.188. The summed E-state index contributed by atoms with van der Waals surface area (Å²) in [6, 6.07) is 10.0. The molecule has 5 heteroatoms. The van der Waals surface area contributed by atoms with E-state index in [2.05, 4.69) is 24.1 Å². The SMILES string of the molecule is CC(C)CCNC(=O)c1cc(-c2cccs2)nc2ccc(F)cc12. The van der Waals surface area contributed by atoms with E-state index in [0.29, 0.717) is 28.9 Å². The third-order valence-electron chi connectivity index (χ3n) is 3.80. The van der Waals surface area contributed by atoms with Crippen LogP contribution in [0.4, 0.5) is 4.39 Å². The van der Waals surface area contributed by atoms with Gasteiger partial charge in [0.05, 0.1) is 21.7 Å².